The Morgan fingerprint density at radius 1 is 1.03 bits per heavy atom. The summed E-state index contributed by atoms with van der Waals surface area (Å²) in [4.78, 5) is 27.8. The highest BCUT2D eigenvalue weighted by Crippen LogP contribution is 2.43. The number of benzene rings is 3. The van der Waals surface area contributed by atoms with Crippen molar-refractivity contribution in [2.75, 3.05) is 12.0 Å². The van der Waals surface area contributed by atoms with E-state index in [1.165, 1.54) is 23.1 Å². The quantitative estimate of drug-likeness (QED) is 0.293. The maximum Gasteiger partial charge on any atom is 0.300 e. The molecule has 174 valence electrons. The summed E-state index contributed by atoms with van der Waals surface area (Å²) < 4.78 is 19.5. The van der Waals surface area contributed by atoms with Crippen LogP contribution in [0.1, 0.15) is 48.1 Å². The van der Waals surface area contributed by atoms with E-state index in [4.69, 9.17) is 4.74 Å². The first kappa shape index (κ1) is 23.2. The van der Waals surface area contributed by atoms with Crippen LogP contribution >= 0.6 is 0 Å². The predicted octanol–water partition coefficient (Wildman–Crippen LogP) is 5.89. The Labute approximate surface area is 198 Å². The van der Waals surface area contributed by atoms with Gasteiger partial charge in [-0.2, -0.15) is 0 Å². The highest BCUT2D eigenvalue weighted by Gasteiger charge is 2.47. The average molecular weight is 460 g/mol. The van der Waals surface area contributed by atoms with Crippen LogP contribution in [0.25, 0.3) is 5.76 Å². The monoisotopic (exact) mass is 459 g/mol. The fraction of sp³-hybridized carbons (Fsp3) is 0.214. The normalized spacial score (nSPS) is 17.5. The van der Waals surface area contributed by atoms with E-state index in [1.807, 2.05) is 32.9 Å². The van der Waals surface area contributed by atoms with Crippen molar-refractivity contribution < 1.29 is 23.8 Å². The number of aliphatic hydroxyl groups is 1. The van der Waals surface area contributed by atoms with Gasteiger partial charge in [0.05, 0.1) is 18.7 Å². The molecule has 1 fully saturated rings. The second-order valence-corrected chi connectivity index (χ2v) is 8.62. The van der Waals surface area contributed by atoms with Gasteiger partial charge in [-0.15, -0.1) is 0 Å². The zero-order valence-corrected chi connectivity index (χ0v) is 19.5. The van der Waals surface area contributed by atoms with Crippen LogP contribution in [0.5, 0.6) is 5.75 Å². The zero-order chi connectivity index (χ0) is 24.6. The molecule has 0 spiro atoms. The van der Waals surface area contributed by atoms with Crippen LogP contribution in [0.3, 0.4) is 0 Å². The van der Waals surface area contributed by atoms with Gasteiger partial charge in [0.1, 0.15) is 17.3 Å². The fourth-order valence-electron chi connectivity index (χ4n) is 4.40. The van der Waals surface area contributed by atoms with Gasteiger partial charge in [-0.3, -0.25) is 14.5 Å². The Hall–Kier alpha value is -3.93. The van der Waals surface area contributed by atoms with E-state index in [0.717, 1.165) is 11.1 Å². The van der Waals surface area contributed by atoms with Crippen molar-refractivity contribution in [1.29, 1.82) is 0 Å². The summed E-state index contributed by atoms with van der Waals surface area (Å²) in [6.07, 6.45) is 0. The van der Waals surface area contributed by atoms with Crippen LogP contribution in [0, 0.1) is 12.7 Å². The molecule has 4 rings (SSSR count). The number of amides is 1. The molecular weight excluding hydrogens is 433 g/mol. The van der Waals surface area contributed by atoms with Crippen LogP contribution in [-0.4, -0.2) is 23.9 Å². The molecule has 1 aliphatic heterocycles. The lowest BCUT2D eigenvalue weighted by atomic mass is 9.91. The second kappa shape index (κ2) is 9.14. The van der Waals surface area contributed by atoms with Crippen molar-refractivity contribution in [2.45, 2.75) is 32.7 Å². The number of aliphatic hydroxyl groups excluding tert-OH is 1. The number of carbonyl (C=O) groups is 2. The minimum absolute atomic E-state index is 0.0385. The zero-order valence-electron chi connectivity index (χ0n) is 19.5. The number of hydrogen-bond acceptors (Lipinski definition) is 4. The number of anilines is 1. The molecule has 34 heavy (non-hydrogen) atoms. The molecule has 1 N–H and O–H groups in total. The lowest BCUT2D eigenvalue weighted by Crippen LogP contribution is -2.29. The lowest BCUT2D eigenvalue weighted by Gasteiger charge is -2.26. The predicted molar refractivity (Wildman–Crippen MR) is 129 cm³/mol. The number of nitrogens with zero attached hydrogens (tertiary/aromatic N) is 1. The average Bonchev–Trinajstić information content (AvgIpc) is 3.08. The van der Waals surface area contributed by atoms with Crippen LogP contribution in [0.2, 0.25) is 0 Å². The fourth-order valence-corrected chi connectivity index (χ4v) is 4.40. The summed E-state index contributed by atoms with van der Waals surface area (Å²) in [5, 5.41) is 11.4. The van der Waals surface area contributed by atoms with Gasteiger partial charge >= 0.3 is 0 Å². The first-order valence-corrected chi connectivity index (χ1v) is 11.0. The maximum absolute atomic E-state index is 14.1. The highest BCUT2D eigenvalue weighted by molar-refractivity contribution is 6.51. The van der Waals surface area contributed by atoms with Crippen LogP contribution < -0.4 is 9.64 Å². The molecule has 1 atom stereocenters. The Morgan fingerprint density at radius 3 is 2.41 bits per heavy atom. The van der Waals surface area contributed by atoms with Gasteiger partial charge in [0.25, 0.3) is 11.7 Å². The molecule has 1 heterocycles. The molecule has 0 aromatic heterocycles. The number of rotatable bonds is 5. The molecule has 1 aliphatic rings. The van der Waals surface area contributed by atoms with E-state index in [0.29, 0.717) is 16.9 Å². The van der Waals surface area contributed by atoms with E-state index in [2.05, 4.69) is 0 Å². The SMILES string of the molecule is COc1ccc(/C(O)=C2\C(=O)C(=O)N(c3cccc(F)c3)C2c2ccccc2C)cc1C(C)C. The number of ketones is 1. The molecule has 0 aliphatic carbocycles. The van der Waals surface area contributed by atoms with Crippen molar-refractivity contribution in [1.82, 2.24) is 0 Å². The minimum atomic E-state index is -0.910. The molecule has 5 nitrogen and oxygen atoms in total. The number of methoxy groups -OCH3 is 1. The summed E-state index contributed by atoms with van der Waals surface area (Å²) in [7, 11) is 1.57. The standard InChI is InChI=1S/C28H26FNO4/c1-16(2)22-14-18(12-13-23(22)34-4)26(31)24-25(21-11-6-5-8-17(21)3)30(28(33)27(24)32)20-10-7-9-19(29)15-20/h5-16,25,31H,1-4H3/b26-24+. The van der Waals surface area contributed by atoms with Gasteiger partial charge in [-0.1, -0.05) is 44.2 Å². The van der Waals surface area contributed by atoms with Gasteiger partial charge in [0.2, 0.25) is 0 Å². The molecule has 6 heteroatoms. The Bertz CT molecular complexity index is 1310. The number of hydrogen-bond donors (Lipinski definition) is 1. The van der Waals surface area contributed by atoms with Gasteiger partial charge < -0.3 is 9.84 Å². The van der Waals surface area contributed by atoms with Gasteiger partial charge in [0.15, 0.2) is 0 Å². The topological polar surface area (TPSA) is 66.8 Å². The molecule has 1 amide bonds. The summed E-state index contributed by atoms with van der Waals surface area (Å²) in [6.45, 7) is 5.86. The van der Waals surface area contributed by atoms with Gasteiger partial charge in [0, 0.05) is 11.3 Å². The molecule has 1 saturated heterocycles. The molecule has 0 radical (unpaired) electrons. The Kier molecular flexibility index (Phi) is 6.24. The first-order valence-electron chi connectivity index (χ1n) is 11.0. The highest BCUT2D eigenvalue weighted by atomic mass is 19.1. The summed E-state index contributed by atoms with van der Waals surface area (Å²) in [5.41, 5.74) is 2.97. The van der Waals surface area contributed by atoms with Crippen molar-refractivity contribution in [3.05, 3.63) is 100 Å². The second-order valence-electron chi connectivity index (χ2n) is 8.62. The Balaban J connectivity index is 1.97. The number of Topliss-reactive ketones (excluding diaryl/α,β-unsaturated/α-hetero) is 1. The third-order valence-corrected chi connectivity index (χ3v) is 6.14. The molecular formula is C28H26FNO4. The third kappa shape index (κ3) is 3.96. The maximum atomic E-state index is 14.1. The number of aryl methyl sites for hydroxylation is 1. The lowest BCUT2D eigenvalue weighted by molar-refractivity contribution is -0.132. The van der Waals surface area contributed by atoms with Crippen LogP contribution in [-0.2, 0) is 9.59 Å². The van der Waals surface area contributed by atoms with Gasteiger partial charge in [-0.05, 0) is 65.9 Å². The molecule has 0 saturated carbocycles. The van der Waals surface area contributed by atoms with Gasteiger partial charge in [-0.25, -0.2) is 4.39 Å². The first-order chi connectivity index (χ1) is 16.2. The number of halogens is 1. The van der Waals surface area contributed by atoms with Crippen molar-refractivity contribution in [3.63, 3.8) is 0 Å². The molecule has 3 aromatic rings. The van der Waals surface area contributed by atoms with Crippen molar-refractivity contribution in [2.24, 2.45) is 0 Å². The van der Waals surface area contributed by atoms with E-state index in [1.54, 1.807) is 43.5 Å². The van der Waals surface area contributed by atoms with E-state index < -0.39 is 23.5 Å². The molecule has 0 bridgehead atoms. The van der Waals surface area contributed by atoms with Crippen molar-refractivity contribution in [3.8, 4) is 5.75 Å². The molecule has 1 unspecified atom stereocenters. The van der Waals surface area contributed by atoms with E-state index in [-0.39, 0.29) is 22.9 Å². The van der Waals surface area contributed by atoms with E-state index in [9.17, 15) is 19.1 Å². The third-order valence-electron chi connectivity index (χ3n) is 6.14. The Morgan fingerprint density at radius 2 is 1.76 bits per heavy atom. The summed E-state index contributed by atoms with van der Waals surface area (Å²) in [6, 6.07) is 17.1. The summed E-state index contributed by atoms with van der Waals surface area (Å²) in [5.74, 6) is -1.68. The number of ether oxygens (including phenoxy) is 1. The smallest absolute Gasteiger partial charge is 0.300 e. The molecule has 3 aromatic carbocycles. The minimum Gasteiger partial charge on any atom is -0.507 e. The largest absolute Gasteiger partial charge is 0.507 e. The summed E-state index contributed by atoms with van der Waals surface area (Å²) >= 11 is 0. The van der Waals surface area contributed by atoms with Crippen molar-refractivity contribution >= 4 is 23.1 Å². The van der Waals surface area contributed by atoms with Crippen LogP contribution in [0.15, 0.2) is 72.3 Å². The number of carbonyl (C=O) groups excluding carboxylic acids is 2. The van der Waals surface area contributed by atoms with Crippen LogP contribution in [0.4, 0.5) is 10.1 Å². The van der Waals surface area contributed by atoms with E-state index >= 15 is 0 Å².